The quantitative estimate of drug-likeness (QED) is 0.469. The first-order valence-corrected chi connectivity index (χ1v) is 9.31. The number of benzene rings is 3. The maximum atomic E-state index is 12.5. The zero-order valence-corrected chi connectivity index (χ0v) is 16.0. The smallest absolute Gasteiger partial charge is 0.262 e. The van der Waals surface area contributed by atoms with Gasteiger partial charge in [0.05, 0.1) is 5.69 Å². The molecule has 4 rings (SSSR count). The fraction of sp³-hybridized carbons (Fsp3) is 0.0909. The van der Waals surface area contributed by atoms with Gasteiger partial charge in [-0.15, -0.1) is 10.2 Å². The van der Waals surface area contributed by atoms with Gasteiger partial charge in [0.1, 0.15) is 6.61 Å². The van der Waals surface area contributed by atoms with E-state index < -0.39 is 0 Å². The highest BCUT2D eigenvalue weighted by molar-refractivity contribution is 5.95. The van der Waals surface area contributed by atoms with Gasteiger partial charge in [-0.3, -0.25) is 4.79 Å². The van der Waals surface area contributed by atoms with Crippen molar-refractivity contribution in [2.24, 2.45) is 0 Å². The van der Waals surface area contributed by atoms with Crippen molar-refractivity contribution in [1.29, 1.82) is 0 Å². The Morgan fingerprint density at radius 3 is 2.33 bits per heavy atom. The van der Waals surface area contributed by atoms with Crippen LogP contribution >= 0.6 is 0 Å². The highest BCUT2D eigenvalue weighted by Gasteiger charge is 2.13. The standard InChI is InChI=1S/C22H19N5O3/c28-21(23-18-11-5-4-10-17(18)22-24-26-27-25-22)15-30-20-13-7-6-12-19(20)29-14-16-8-2-1-3-9-16/h1-13H,14-15H2,(H,23,28)(H,24,25,26,27). The third-order valence-electron chi connectivity index (χ3n) is 4.23. The molecule has 1 amide bonds. The molecule has 0 unspecified atom stereocenters. The molecule has 3 aromatic carbocycles. The van der Waals surface area contributed by atoms with Crippen LogP contribution in [0, 0.1) is 0 Å². The zero-order chi connectivity index (χ0) is 20.6. The van der Waals surface area contributed by atoms with Crippen LogP contribution in [0.5, 0.6) is 11.5 Å². The van der Waals surface area contributed by atoms with Gasteiger partial charge in [0.15, 0.2) is 18.1 Å². The number of para-hydroxylation sites is 3. The summed E-state index contributed by atoms with van der Waals surface area (Å²) >= 11 is 0. The van der Waals surface area contributed by atoms with Crippen LogP contribution in [0.3, 0.4) is 0 Å². The summed E-state index contributed by atoms with van der Waals surface area (Å²) in [7, 11) is 0. The molecule has 0 aliphatic rings. The summed E-state index contributed by atoms with van der Waals surface area (Å²) < 4.78 is 11.6. The predicted octanol–water partition coefficient (Wildman–Crippen LogP) is 3.46. The minimum atomic E-state index is -0.316. The molecule has 4 aromatic rings. The van der Waals surface area contributed by atoms with Gasteiger partial charge in [0.2, 0.25) is 5.82 Å². The summed E-state index contributed by atoms with van der Waals surface area (Å²) in [5.74, 6) is 1.15. The Balaban J connectivity index is 1.38. The molecule has 0 spiro atoms. The second kappa shape index (κ2) is 9.33. The number of carbonyl (C=O) groups is 1. The number of carbonyl (C=O) groups excluding carboxylic acids is 1. The highest BCUT2D eigenvalue weighted by Crippen LogP contribution is 2.28. The van der Waals surface area contributed by atoms with Crippen LogP contribution in [0.25, 0.3) is 11.4 Å². The van der Waals surface area contributed by atoms with E-state index >= 15 is 0 Å². The number of hydrogen-bond donors (Lipinski definition) is 2. The van der Waals surface area contributed by atoms with Crippen molar-refractivity contribution in [2.45, 2.75) is 6.61 Å². The van der Waals surface area contributed by atoms with Gasteiger partial charge in [0.25, 0.3) is 5.91 Å². The van der Waals surface area contributed by atoms with Crippen LogP contribution in [0.2, 0.25) is 0 Å². The summed E-state index contributed by atoms with van der Waals surface area (Å²) in [4.78, 5) is 12.5. The molecule has 8 nitrogen and oxygen atoms in total. The van der Waals surface area contributed by atoms with Crippen molar-refractivity contribution in [3.05, 3.63) is 84.4 Å². The minimum Gasteiger partial charge on any atom is -0.485 e. The zero-order valence-electron chi connectivity index (χ0n) is 16.0. The summed E-state index contributed by atoms with van der Waals surface area (Å²) in [6.45, 7) is 0.234. The van der Waals surface area contributed by atoms with Crippen molar-refractivity contribution < 1.29 is 14.3 Å². The molecule has 0 bridgehead atoms. The molecule has 150 valence electrons. The number of nitrogens with one attached hydrogen (secondary N) is 2. The van der Waals surface area contributed by atoms with Crippen molar-refractivity contribution >= 4 is 11.6 Å². The lowest BCUT2D eigenvalue weighted by Crippen LogP contribution is -2.20. The van der Waals surface area contributed by atoms with Gasteiger partial charge in [-0.2, -0.15) is 5.21 Å². The molecule has 0 saturated heterocycles. The molecule has 0 saturated carbocycles. The first kappa shape index (κ1) is 19.1. The number of H-pyrrole nitrogens is 1. The Bertz CT molecular complexity index is 1100. The number of ether oxygens (including phenoxy) is 2. The lowest BCUT2D eigenvalue weighted by atomic mass is 10.1. The first-order chi connectivity index (χ1) is 14.8. The van der Waals surface area contributed by atoms with Crippen LogP contribution in [-0.4, -0.2) is 33.1 Å². The summed E-state index contributed by atoms with van der Waals surface area (Å²) in [6.07, 6.45) is 0. The van der Waals surface area contributed by atoms with Gasteiger partial charge in [0, 0.05) is 5.56 Å². The van der Waals surface area contributed by atoms with Crippen molar-refractivity contribution in [1.82, 2.24) is 20.6 Å². The lowest BCUT2D eigenvalue weighted by Gasteiger charge is -2.13. The van der Waals surface area contributed by atoms with E-state index in [1.807, 2.05) is 60.7 Å². The van der Waals surface area contributed by atoms with Gasteiger partial charge in [-0.05, 0) is 35.0 Å². The molecule has 2 N–H and O–H groups in total. The van der Waals surface area contributed by atoms with Gasteiger partial charge >= 0.3 is 0 Å². The Morgan fingerprint density at radius 2 is 1.57 bits per heavy atom. The molecule has 0 atom stereocenters. The Morgan fingerprint density at radius 1 is 0.867 bits per heavy atom. The fourth-order valence-electron chi connectivity index (χ4n) is 2.82. The van der Waals surface area contributed by atoms with Crippen molar-refractivity contribution in [3.8, 4) is 22.9 Å². The number of anilines is 1. The SMILES string of the molecule is O=C(COc1ccccc1OCc1ccccc1)Nc1ccccc1-c1nn[nH]n1. The van der Waals surface area contributed by atoms with Crippen molar-refractivity contribution in [2.75, 3.05) is 11.9 Å². The molecule has 1 aromatic heterocycles. The number of aromatic amines is 1. The van der Waals surface area contributed by atoms with Gasteiger partial charge < -0.3 is 14.8 Å². The van der Waals surface area contributed by atoms with E-state index in [4.69, 9.17) is 9.47 Å². The van der Waals surface area contributed by atoms with Crippen LogP contribution in [0.15, 0.2) is 78.9 Å². The number of tetrazole rings is 1. The Labute approximate surface area is 172 Å². The number of nitrogens with zero attached hydrogens (tertiary/aromatic N) is 3. The fourth-order valence-corrected chi connectivity index (χ4v) is 2.82. The largest absolute Gasteiger partial charge is 0.485 e. The summed E-state index contributed by atoms with van der Waals surface area (Å²) in [6, 6.07) is 24.3. The van der Waals surface area contributed by atoms with E-state index in [0.717, 1.165) is 5.56 Å². The molecule has 0 radical (unpaired) electrons. The second-order valence-corrected chi connectivity index (χ2v) is 6.34. The number of hydrogen-bond acceptors (Lipinski definition) is 6. The molecule has 8 heteroatoms. The lowest BCUT2D eigenvalue weighted by molar-refractivity contribution is -0.118. The van der Waals surface area contributed by atoms with Gasteiger partial charge in [-0.1, -0.05) is 54.6 Å². The average Bonchev–Trinajstić information content (AvgIpc) is 3.33. The van der Waals surface area contributed by atoms with E-state index in [2.05, 4.69) is 25.9 Å². The van der Waals surface area contributed by atoms with E-state index in [9.17, 15) is 4.79 Å². The maximum Gasteiger partial charge on any atom is 0.262 e. The van der Waals surface area contributed by atoms with Crippen LogP contribution < -0.4 is 14.8 Å². The first-order valence-electron chi connectivity index (χ1n) is 9.31. The van der Waals surface area contributed by atoms with Crippen LogP contribution in [0.1, 0.15) is 5.56 Å². The van der Waals surface area contributed by atoms with Crippen LogP contribution in [-0.2, 0) is 11.4 Å². The summed E-state index contributed by atoms with van der Waals surface area (Å²) in [5, 5.41) is 16.7. The topological polar surface area (TPSA) is 102 Å². The van der Waals surface area contributed by atoms with E-state index in [1.165, 1.54) is 0 Å². The second-order valence-electron chi connectivity index (χ2n) is 6.34. The van der Waals surface area contributed by atoms with Crippen LogP contribution in [0.4, 0.5) is 5.69 Å². The van der Waals surface area contributed by atoms with Crippen molar-refractivity contribution in [3.63, 3.8) is 0 Å². The molecule has 30 heavy (non-hydrogen) atoms. The molecule has 0 aliphatic carbocycles. The Kier molecular flexibility index (Phi) is 5.95. The normalized spacial score (nSPS) is 10.4. The number of rotatable bonds is 8. The average molecular weight is 401 g/mol. The molecular formula is C22H19N5O3. The van der Waals surface area contributed by atoms with Gasteiger partial charge in [-0.25, -0.2) is 0 Å². The van der Waals surface area contributed by atoms with E-state index in [1.54, 1.807) is 18.2 Å². The molecule has 1 heterocycles. The predicted molar refractivity (Wildman–Crippen MR) is 111 cm³/mol. The summed E-state index contributed by atoms with van der Waals surface area (Å²) in [5.41, 5.74) is 2.27. The third-order valence-corrected chi connectivity index (χ3v) is 4.23. The van der Waals surface area contributed by atoms with E-state index in [0.29, 0.717) is 35.2 Å². The maximum absolute atomic E-state index is 12.5. The number of aromatic nitrogens is 4. The number of amides is 1. The third kappa shape index (κ3) is 4.79. The highest BCUT2D eigenvalue weighted by atomic mass is 16.5. The molecule has 0 aliphatic heterocycles. The minimum absolute atomic E-state index is 0.174. The molecular weight excluding hydrogens is 382 g/mol. The van der Waals surface area contributed by atoms with E-state index in [-0.39, 0.29) is 12.5 Å². The monoisotopic (exact) mass is 401 g/mol. The Hall–Kier alpha value is -4.20. The molecule has 0 fully saturated rings.